The molecule has 0 bridgehead atoms. The second-order valence-corrected chi connectivity index (χ2v) is 18.2. The topological polar surface area (TPSA) is 35.6 Å². The molecular formula is C52H36N4Si. The standard InChI is InChI=1S/C52H36N4Si/c1-5-19-37(20-6-1)44-29-17-33-49(53-44)57(39-23-9-3-10-24-39,40-25-11-4-12-26-40)50-34-18-32-48(54-50)56-45-30-15-13-27-41(45)42-35-36-47-51(52(42)56)43-28-14-16-31-46(43)55(47)38-21-7-2-8-22-38/h1-36H. The molecule has 268 valence electrons. The summed E-state index contributed by atoms with van der Waals surface area (Å²) in [7, 11) is -3.12. The minimum atomic E-state index is -3.12. The molecule has 11 aromatic rings. The van der Waals surface area contributed by atoms with E-state index in [1.807, 2.05) is 0 Å². The van der Waals surface area contributed by atoms with Crippen LogP contribution < -0.4 is 21.0 Å². The maximum absolute atomic E-state index is 5.85. The van der Waals surface area contributed by atoms with E-state index in [9.17, 15) is 0 Å². The fourth-order valence-corrected chi connectivity index (χ4v) is 13.5. The Kier molecular flexibility index (Phi) is 7.79. The van der Waals surface area contributed by atoms with Gasteiger partial charge in [0, 0.05) is 43.4 Å². The number of hydrogen-bond donors (Lipinski definition) is 0. The van der Waals surface area contributed by atoms with Gasteiger partial charge in [-0.25, -0.2) is 4.98 Å². The highest BCUT2D eigenvalue weighted by Crippen LogP contribution is 2.41. The van der Waals surface area contributed by atoms with Crippen LogP contribution >= 0.6 is 0 Å². The van der Waals surface area contributed by atoms with Crippen LogP contribution in [0, 0.1) is 0 Å². The third-order valence-electron chi connectivity index (χ3n) is 11.4. The van der Waals surface area contributed by atoms with Crippen molar-refractivity contribution >= 4 is 72.7 Å². The Bertz CT molecular complexity index is 3190. The maximum Gasteiger partial charge on any atom is 0.223 e. The lowest BCUT2D eigenvalue weighted by atomic mass is 10.1. The molecule has 0 aliphatic carbocycles. The van der Waals surface area contributed by atoms with Gasteiger partial charge in [-0.1, -0.05) is 164 Å². The van der Waals surface area contributed by atoms with E-state index >= 15 is 0 Å². The van der Waals surface area contributed by atoms with Crippen molar-refractivity contribution in [1.29, 1.82) is 0 Å². The van der Waals surface area contributed by atoms with Crippen LogP contribution in [0.25, 0.3) is 66.4 Å². The molecule has 0 unspecified atom stereocenters. The van der Waals surface area contributed by atoms with Crippen molar-refractivity contribution in [2.75, 3.05) is 0 Å². The monoisotopic (exact) mass is 744 g/mol. The highest BCUT2D eigenvalue weighted by atomic mass is 28.3. The summed E-state index contributed by atoms with van der Waals surface area (Å²) in [5, 5.41) is 9.35. The summed E-state index contributed by atoms with van der Waals surface area (Å²) in [6, 6.07) is 78.3. The van der Waals surface area contributed by atoms with E-state index in [-0.39, 0.29) is 0 Å². The molecule has 0 radical (unpaired) electrons. The number of aromatic nitrogens is 4. The van der Waals surface area contributed by atoms with Gasteiger partial charge >= 0.3 is 0 Å². The highest BCUT2D eigenvalue weighted by Gasteiger charge is 2.45. The quantitative estimate of drug-likeness (QED) is 0.153. The predicted octanol–water partition coefficient (Wildman–Crippen LogP) is 9.72. The SMILES string of the molecule is c1ccc(-c2cccc([Si](c3ccccc3)(c3ccccc3)c3cccc(-n4c5ccccc5c5ccc6c(c7ccccc7n6-c6ccccc6)c54)n3)n2)cc1. The van der Waals surface area contributed by atoms with Gasteiger partial charge in [0.15, 0.2) is 0 Å². The van der Waals surface area contributed by atoms with Crippen molar-refractivity contribution in [3.8, 4) is 22.8 Å². The summed E-state index contributed by atoms with van der Waals surface area (Å²) in [5.41, 5.74) is 7.79. The van der Waals surface area contributed by atoms with Gasteiger partial charge in [-0.2, -0.15) is 0 Å². The summed E-state index contributed by atoms with van der Waals surface area (Å²) in [6.07, 6.45) is 0. The first-order valence-electron chi connectivity index (χ1n) is 19.4. The Hall–Kier alpha value is -7.34. The lowest BCUT2D eigenvalue weighted by Crippen LogP contribution is -2.76. The van der Waals surface area contributed by atoms with E-state index in [0.29, 0.717) is 0 Å². The van der Waals surface area contributed by atoms with Crippen molar-refractivity contribution in [1.82, 2.24) is 19.1 Å². The molecule has 4 heterocycles. The normalized spacial score (nSPS) is 11.9. The molecule has 0 aliphatic heterocycles. The molecule has 11 rings (SSSR count). The molecule has 7 aromatic carbocycles. The van der Waals surface area contributed by atoms with Gasteiger partial charge in [-0.15, -0.1) is 0 Å². The van der Waals surface area contributed by atoms with Crippen LogP contribution in [0.3, 0.4) is 0 Å². The van der Waals surface area contributed by atoms with E-state index in [1.54, 1.807) is 0 Å². The molecule has 0 saturated heterocycles. The third-order valence-corrected chi connectivity index (χ3v) is 15.9. The third kappa shape index (κ3) is 5.13. The van der Waals surface area contributed by atoms with Gasteiger partial charge in [0.1, 0.15) is 5.82 Å². The number of benzene rings is 7. The summed E-state index contributed by atoms with van der Waals surface area (Å²) in [6.45, 7) is 0. The molecular weight excluding hydrogens is 709 g/mol. The molecule has 5 heteroatoms. The van der Waals surface area contributed by atoms with Gasteiger partial charge in [0.25, 0.3) is 0 Å². The van der Waals surface area contributed by atoms with Gasteiger partial charge in [-0.3, -0.25) is 9.55 Å². The van der Waals surface area contributed by atoms with Gasteiger partial charge in [-0.05, 0) is 65.0 Å². The van der Waals surface area contributed by atoms with Crippen molar-refractivity contribution in [2.24, 2.45) is 0 Å². The van der Waals surface area contributed by atoms with E-state index < -0.39 is 8.07 Å². The fraction of sp³-hybridized carbons (Fsp3) is 0. The number of rotatable bonds is 7. The Morgan fingerprint density at radius 2 is 0.895 bits per heavy atom. The lowest BCUT2D eigenvalue weighted by molar-refractivity contribution is 1.10. The van der Waals surface area contributed by atoms with E-state index in [4.69, 9.17) is 9.97 Å². The second kappa shape index (κ2) is 13.4. The Balaban J connectivity index is 1.25. The number of nitrogens with zero attached hydrogens (tertiary/aromatic N) is 4. The highest BCUT2D eigenvalue weighted by molar-refractivity contribution is 7.19. The van der Waals surface area contributed by atoms with Gasteiger partial charge in [0.2, 0.25) is 8.07 Å². The van der Waals surface area contributed by atoms with Crippen LogP contribution in [0.5, 0.6) is 0 Å². The average Bonchev–Trinajstić information content (AvgIpc) is 3.81. The van der Waals surface area contributed by atoms with Crippen molar-refractivity contribution in [3.05, 3.63) is 218 Å². The van der Waals surface area contributed by atoms with Crippen molar-refractivity contribution < 1.29 is 0 Å². The second-order valence-electron chi connectivity index (χ2n) is 14.5. The zero-order valence-electron chi connectivity index (χ0n) is 31.1. The maximum atomic E-state index is 5.85. The Morgan fingerprint density at radius 1 is 0.351 bits per heavy atom. The number of para-hydroxylation sites is 3. The molecule has 0 fully saturated rings. The first-order chi connectivity index (χ1) is 28.3. The largest absolute Gasteiger partial charge is 0.309 e. The van der Waals surface area contributed by atoms with Crippen LogP contribution in [-0.4, -0.2) is 27.2 Å². The number of pyridine rings is 2. The molecule has 0 saturated carbocycles. The van der Waals surface area contributed by atoms with Crippen molar-refractivity contribution in [3.63, 3.8) is 0 Å². The van der Waals surface area contributed by atoms with Crippen molar-refractivity contribution in [2.45, 2.75) is 0 Å². The molecule has 57 heavy (non-hydrogen) atoms. The molecule has 0 aliphatic rings. The first-order valence-corrected chi connectivity index (χ1v) is 21.4. The summed E-state index contributed by atoms with van der Waals surface area (Å²) < 4.78 is 4.80. The van der Waals surface area contributed by atoms with E-state index in [2.05, 4.69) is 228 Å². The number of fused-ring (bicyclic) bond motifs is 7. The van der Waals surface area contributed by atoms with E-state index in [0.717, 1.165) is 49.9 Å². The zero-order valence-corrected chi connectivity index (χ0v) is 32.1. The van der Waals surface area contributed by atoms with Crippen LogP contribution in [0.1, 0.15) is 0 Å². The summed E-state index contributed by atoms with van der Waals surface area (Å²) >= 11 is 0. The molecule has 4 nitrogen and oxygen atoms in total. The Labute approximate surface area is 331 Å². The van der Waals surface area contributed by atoms with Gasteiger partial charge < -0.3 is 4.57 Å². The molecule has 0 N–H and O–H groups in total. The number of hydrogen-bond acceptors (Lipinski definition) is 2. The smallest absolute Gasteiger partial charge is 0.223 e. The first kappa shape index (κ1) is 33.0. The van der Waals surface area contributed by atoms with E-state index in [1.165, 1.54) is 37.4 Å². The summed E-state index contributed by atoms with van der Waals surface area (Å²) in [4.78, 5) is 11.4. The van der Waals surface area contributed by atoms with Gasteiger partial charge in [0.05, 0.1) is 27.8 Å². The molecule has 0 spiro atoms. The van der Waals surface area contributed by atoms with Crippen LogP contribution in [0.2, 0.25) is 0 Å². The average molecular weight is 745 g/mol. The Morgan fingerprint density at radius 3 is 1.58 bits per heavy atom. The minimum absolute atomic E-state index is 0.880. The lowest BCUT2D eigenvalue weighted by Gasteiger charge is -2.32. The summed E-state index contributed by atoms with van der Waals surface area (Å²) in [5.74, 6) is 0.880. The molecule has 0 amide bonds. The zero-order chi connectivity index (χ0) is 37.8. The molecule has 4 aromatic heterocycles. The predicted molar refractivity (Wildman–Crippen MR) is 240 cm³/mol. The molecule has 0 atom stereocenters. The van der Waals surface area contributed by atoms with Crippen LogP contribution in [0.4, 0.5) is 0 Å². The minimum Gasteiger partial charge on any atom is -0.309 e. The fourth-order valence-electron chi connectivity index (χ4n) is 9.04. The van der Waals surface area contributed by atoms with Crippen LogP contribution in [0.15, 0.2) is 218 Å². The van der Waals surface area contributed by atoms with Crippen LogP contribution in [-0.2, 0) is 0 Å².